The van der Waals surface area contributed by atoms with Crippen LogP contribution in [-0.4, -0.2) is 48.1 Å². The van der Waals surface area contributed by atoms with Crippen molar-refractivity contribution < 1.29 is 9.47 Å². The summed E-state index contributed by atoms with van der Waals surface area (Å²) in [5.41, 5.74) is 6.44. The molecule has 0 radical (unpaired) electrons. The van der Waals surface area contributed by atoms with E-state index < -0.39 is 0 Å². The van der Waals surface area contributed by atoms with Crippen molar-refractivity contribution in [3.8, 4) is 0 Å². The van der Waals surface area contributed by atoms with E-state index in [2.05, 4.69) is 18.7 Å². The molecule has 1 aliphatic carbocycles. The number of hydrogen-bond acceptors (Lipinski definition) is 4. The van der Waals surface area contributed by atoms with Crippen molar-refractivity contribution in [1.82, 2.24) is 4.90 Å². The molecular formula is C15H28N2O2. The maximum Gasteiger partial charge on any atom is 0.170 e. The summed E-state index contributed by atoms with van der Waals surface area (Å²) in [6.45, 7) is 6.13. The minimum atomic E-state index is -0.318. The van der Waals surface area contributed by atoms with Gasteiger partial charge in [-0.3, -0.25) is 4.90 Å². The first-order valence-corrected chi connectivity index (χ1v) is 7.96. The molecule has 3 aliphatic rings. The van der Waals surface area contributed by atoms with Crippen LogP contribution in [0.5, 0.6) is 0 Å². The van der Waals surface area contributed by atoms with Crippen LogP contribution in [0.15, 0.2) is 0 Å². The molecule has 1 saturated carbocycles. The maximum atomic E-state index is 6.44. The summed E-state index contributed by atoms with van der Waals surface area (Å²) >= 11 is 0. The van der Waals surface area contributed by atoms with E-state index in [0.29, 0.717) is 18.1 Å². The molecule has 4 unspecified atom stereocenters. The van der Waals surface area contributed by atoms with Gasteiger partial charge in [-0.15, -0.1) is 0 Å². The molecule has 2 aliphatic heterocycles. The second kappa shape index (κ2) is 5.32. The maximum absolute atomic E-state index is 6.44. The second-order valence-electron chi connectivity index (χ2n) is 6.52. The Morgan fingerprint density at radius 1 is 1.21 bits per heavy atom. The van der Waals surface area contributed by atoms with Crippen LogP contribution in [0.3, 0.4) is 0 Å². The van der Waals surface area contributed by atoms with Crippen molar-refractivity contribution in [1.29, 1.82) is 0 Å². The molecule has 0 aromatic heterocycles. The summed E-state index contributed by atoms with van der Waals surface area (Å²) in [7, 11) is 0. The molecule has 3 rings (SSSR count). The number of rotatable bonds is 2. The highest BCUT2D eigenvalue weighted by Gasteiger charge is 2.48. The average Bonchev–Trinajstić information content (AvgIpc) is 3.00. The van der Waals surface area contributed by atoms with Gasteiger partial charge in [0, 0.05) is 37.0 Å². The lowest BCUT2D eigenvalue weighted by Gasteiger charge is -2.46. The quantitative estimate of drug-likeness (QED) is 0.830. The predicted molar refractivity (Wildman–Crippen MR) is 74.9 cm³/mol. The van der Waals surface area contributed by atoms with Gasteiger partial charge in [0.25, 0.3) is 0 Å². The highest BCUT2D eigenvalue weighted by Crippen LogP contribution is 2.41. The normalized spacial score (nSPS) is 43.1. The Balaban J connectivity index is 1.77. The zero-order valence-corrected chi connectivity index (χ0v) is 12.3. The van der Waals surface area contributed by atoms with E-state index in [-0.39, 0.29) is 11.8 Å². The standard InChI is InChI=1S/C15H28N2O2/c1-3-12-5-4-11(2)17(12)14-10-15(7-6-13(14)16)18-8-9-19-15/h11-14H,3-10,16H2,1-2H3. The van der Waals surface area contributed by atoms with Crippen LogP contribution in [0, 0.1) is 0 Å². The lowest BCUT2D eigenvalue weighted by molar-refractivity contribution is -0.194. The molecule has 1 spiro atoms. The fourth-order valence-corrected chi connectivity index (χ4v) is 4.34. The van der Waals surface area contributed by atoms with Crippen molar-refractivity contribution in [2.75, 3.05) is 13.2 Å². The third-order valence-corrected chi connectivity index (χ3v) is 5.39. The summed E-state index contributed by atoms with van der Waals surface area (Å²) in [5, 5.41) is 0. The molecular weight excluding hydrogens is 240 g/mol. The van der Waals surface area contributed by atoms with Gasteiger partial charge in [0.1, 0.15) is 0 Å². The average molecular weight is 268 g/mol. The minimum Gasteiger partial charge on any atom is -0.347 e. The summed E-state index contributed by atoms with van der Waals surface area (Å²) < 4.78 is 11.8. The summed E-state index contributed by atoms with van der Waals surface area (Å²) in [5.74, 6) is -0.318. The fourth-order valence-electron chi connectivity index (χ4n) is 4.34. The largest absolute Gasteiger partial charge is 0.347 e. The number of ether oxygens (including phenoxy) is 2. The van der Waals surface area contributed by atoms with E-state index in [0.717, 1.165) is 32.5 Å². The van der Waals surface area contributed by atoms with Gasteiger partial charge in [-0.1, -0.05) is 6.92 Å². The van der Waals surface area contributed by atoms with Crippen LogP contribution in [0.2, 0.25) is 0 Å². The molecule has 2 heterocycles. The molecule has 2 N–H and O–H groups in total. The Kier molecular flexibility index (Phi) is 3.87. The van der Waals surface area contributed by atoms with Crippen LogP contribution < -0.4 is 5.73 Å². The molecule has 19 heavy (non-hydrogen) atoms. The van der Waals surface area contributed by atoms with Crippen LogP contribution in [0.1, 0.15) is 52.4 Å². The first kappa shape index (κ1) is 13.8. The van der Waals surface area contributed by atoms with E-state index in [9.17, 15) is 0 Å². The van der Waals surface area contributed by atoms with Gasteiger partial charge in [-0.05, 0) is 32.6 Å². The predicted octanol–water partition coefficient (Wildman–Crippen LogP) is 1.87. The number of hydrogen-bond donors (Lipinski definition) is 1. The highest BCUT2D eigenvalue weighted by molar-refractivity contribution is 5.00. The van der Waals surface area contributed by atoms with E-state index in [4.69, 9.17) is 15.2 Å². The zero-order chi connectivity index (χ0) is 13.5. The van der Waals surface area contributed by atoms with Gasteiger partial charge >= 0.3 is 0 Å². The number of nitrogens with two attached hydrogens (primary N) is 1. The minimum absolute atomic E-state index is 0.271. The Bertz CT molecular complexity index is 317. The summed E-state index contributed by atoms with van der Waals surface area (Å²) in [6.07, 6.45) is 6.78. The van der Waals surface area contributed by atoms with Crippen molar-refractivity contribution in [2.45, 2.75) is 82.3 Å². The van der Waals surface area contributed by atoms with Gasteiger partial charge in [0.05, 0.1) is 13.2 Å². The Labute approximate surface area is 116 Å². The summed E-state index contributed by atoms with van der Waals surface area (Å²) in [6, 6.07) is 2.04. The van der Waals surface area contributed by atoms with Gasteiger partial charge in [0.15, 0.2) is 5.79 Å². The van der Waals surface area contributed by atoms with Gasteiger partial charge in [-0.25, -0.2) is 0 Å². The van der Waals surface area contributed by atoms with E-state index in [1.54, 1.807) is 0 Å². The van der Waals surface area contributed by atoms with Crippen molar-refractivity contribution in [3.63, 3.8) is 0 Å². The van der Waals surface area contributed by atoms with E-state index in [1.807, 2.05) is 0 Å². The smallest absolute Gasteiger partial charge is 0.170 e. The molecule has 4 nitrogen and oxygen atoms in total. The second-order valence-corrected chi connectivity index (χ2v) is 6.52. The zero-order valence-electron chi connectivity index (χ0n) is 12.3. The van der Waals surface area contributed by atoms with E-state index in [1.165, 1.54) is 19.3 Å². The Hall–Kier alpha value is -0.160. The molecule has 4 heteroatoms. The first-order valence-electron chi connectivity index (χ1n) is 7.96. The molecule has 110 valence electrons. The topological polar surface area (TPSA) is 47.7 Å². The summed E-state index contributed by atoms with van der Waals surface area (Å²) in [4.78, 5) is 2.68. The third-order valence-electron chi connectivity index (χ3n) is 5.39. The Morgan fingerprint density at radius 2 is 1.95 bits per heavy atom. The van der Waals surface area contributed by atoms with Crippen LogP contribution in [0.25, 0.3) is 0 Å². The molecule has 0 aromatic rings. The fraction of sp³-hybridized carbons (Fsp3) is 1.00. The molecule has 3 fully saturated rings. The van der Waals surface area contributed by atoms with Crippen LogP contribution in [0.4, 0.5) is 0 Å². The van der Waals surface area contributed by atoms with Gasteiger partial charge in [-0.2, -0.15) is 0 Å². The molecule has 2 saturated heterocycles. The molecule has 0 amide bonds. The lowest BCUT2D eigenvalue weighted by atomic mass is 9.84. The van der Waals surface area contributed by atoms with Crippen molar-refractivity contribution >= 4 is 0 Å². The number of likely N-dealkylation sites (tertiary alicyclic amines) is 1. The lowest BCUT2D eigenvalue weighted by Crippen LogP contribution is -2.58. The molecule has 0 bridgehead atoms. The third kappa shape index (κ3) is 2.44. The van der Waals surface area contributed by atoms with E-state index >= 15 is 0 Å². The monoisotopic (exact) mass is 268 g/mol. The van der Waals surface area contributed by atoms with Crippen molar-refractivity contribution in [2.24, 2.45) is 5.73 Å². The van der Waals surface area contributed by atoms with Crippen LogP contribution >= 0.6 is 0 Å². The molecule has 0 aromatic carbocycles. The SMILES string of the molecule is CCC1CCC(C)N1C1CC2(CCC1N)OCCO2. The first-order chi connectivity index (χ1) is 9.15. The van der Waals surface area contributed by atoms with Gasteiger partial charge in [0.2, 0.25) is 0 Å². The highest BCUT2D eigenvalue weighted by atomic mass is 16.7. The van der Waals surface area contributed by atoms with Gasteiger partial charge < -0.3 is 15.2 Å². The van der Waals surface area contributed by atoms with Crippen LogP contribution in [-0.2, 0) is 9.47 Å². The Morgan fingerprint density at radius 3 is 2.63 bits per heavy atom. The molecule has 4 atom stereocenters. The number of nitrogens with zero attached hydrogens (tertiary/aromatic N) is 1. The van der Waals surface area contributed by atoms with Crippen molar-refractivity contribution in [3.05, 3.63) is 0 Å².